The molecule has 0 saturated carbocycles. The number of nitrogens with zero attached hydrogens (tertiary/aromatic N) is 1. The molecule has 0 rings (SSSR count). The fraction of sp³-hybridized carbons (Fsp3) is 0.853. The third-order valence-corrected chi connectivity index (χ3v) is 8.39. The molecule has 0 saturated heterocycles. The lowest BCUT2D eigenvalue weighted by molar-refractivity contribution is -0.934. The van der Waals surface area contributed by atoms with Crippen LogP contribution in [0.1, 0.15) is 143 Å². The largest absolute Gasteiger partial charge is 0.481 e. The van der Waals surface area contributed by atoms with Gasteiger partial charge in [-0.05, 0) is 59.3 Å². The summed E-state index contributed by atoms with van der Waals surface area (Å²) in [6, 6.07) is 0. The minimum absolute atomic E-state index is 0.212. The number of quaternary nitrogens is 1. The molecule has 0 amide bonds. The van der Waals surface area contributed by atoms with Crippen LogP contribution >= 0.6 is 0 Å². The van der Waals surface area contributed by atoms with Gasteiger partial charge >= 0.3 is 17.9 Å². The topological polar surface area (TPSA) is 112 Å². The molecule has 0 aliphatic carbocycles. The Morgan fingerprint density at radius 2 is 0.805 bits per heavy atom. The quantitative estimate of drug-likeness (QED) is 0.0463. The zero-order valence-electron chi connectivity index (χ0n) is 27.0. The lowest BCUT2D eigenvalue weighted by Crippen LogP contribution is -2.57. The van der Waals surface area contributed by atoms with Gasteiger partial charge in [0.1, 0.15) is 17.8 Å². The van der Waals surface area contributed by atoms with Gasteiger partial charge in [-0.3, -0.25) is 14.4 Å². The zero-order chi connectivity index (χ0) is 30.9. The van der Waals surface area contributed by atoms with E-state index >= 15 is 0 Å². The predicted molar refractivity (Wildman–Crippen MR) is 168 cm³/mol. The number of carbonyl (C=O) groups is 3. The summed E-state index contributed by atoms with van der Waals surface area (Å²) in [5, 5.41) is 28.6. The van der Waals surface area contributed by atoms with Crippen molar-refractivity contribution in [1.82, 2.24) is 0 Å². The van der Waals surface area contributed by atoms with Crippen molar-refractivity contribution in [3.63, 3.8) is 0 Å². The molecule has 0 aromatic heterocycles. The van der Waals surface area contributed by atoms with Crippen LogP contribution in [-0.2, 0) is 14.4 Å². The van der Waals surface area contributed by atoms with Crippen molar-refractivity contribution in [2.75, 3.05) is 26.2 Å². The van der Waals surface area contributed by atoms with Gasteiger partial charge in [-0.15, -0.1) is 0 Å². The first-order valence-electron chi connectivity index (χ1n) is 16.7. The van der Waals surface area contributed by atoms with E-state index in [0.29, 0.717) is 6.54 Å². The number of carboxylic acid groups (broad SMARTS) is 3. The Balaban J connectivity index is 4.30. The van der Waals surface area contributed by atoms with E-state index in [1.165, 1.54) is 83.5 Å². The molecule has 0 radical (unpaired) electrons. The Kier molecular flexibility index (Phi) is 23.5. The van der Waals surface area contributed by atoms with Gasteiger partial charge in [-0.2, -0.15) is 0 Å². The lowest BCUT2D eigenvalue weighted by Gasteiger charge is -2.42. The number of aliphatic carboxylic acids is 3. The molecule has 240 valence electrons. The number of rotatable bonds is 29. The summed E-state index contributed by atoms with van der Waals surface area (Å²) >= 11 is 0. The molecule has 0 heterocycles. The Bertz CT molecular complexity index is 667. The molecule has 7 heteroatoms. The van der Waals surface area contributed by atoms with Crippen LogP contribution in [0.5, 0.6) is 0 Å². The molecule has 0 fully saturated rings. The van der Waals surface area contributed by atoms with E-state index in [9.17, 15) is 29.7 Å². The Morgan fingerprint density at radius 3 is 1.12 bits per heavy atom. The molecule has 3 atom stereocenters. The number of carboxylic acids is 3. The molecule has 0 bridgehead atoms. The summed E-state index contributed by atoms with van der Waals surface area (Å²) in [5.74, 6) is -4.84. The average molecular weight is 583 g/mol. The molecular formula is C34H64NO6+. The van der Waals surface area contributed by atoms with E-state index in [1.54, 1.807) is 20.8 Å². The third-order valence-electron chi connectivity index (χ3n) is 8.39. The van der Waals surface area contributed by atoms with E-state index in [0.717, 1.165) is 32.1 Å². The summed E-state index contributed by atoms with van der Waals surface area (Å²) in [4.78, 5) is 34.9. The predicted octanol–water partition coefficient (Wildman–Crippen LogP) is 8.56. The molecule has 7 nitrogen and oxygen atoms in total. The van der Waals surface area contributed by atoms with Gasteiger partial charge in [0.25, 0.3) is 0 Å². The first-order valence-corrected chi connectivity index (χ1v) is 16.7. The molecule has 3 N–H and O–H groups in total. The number of hydrogen-bond acceptors (Lipinski definition) is 3. The maximum atomic E-state index is 11.6. The number of unbranched alkanes of at least 4 members (excludes halogenated alkanes) is 16. The molecule has 0 aliphatic heterocycles. The standard InChI is InChI=1S/C34H63NO6/c1-5-6-7-8-9-10-11-12-13-14-15-16-17-18-19-20-21-22-23-24-25-35(26-29(2)32(36)37,27-30(3)33(38)39)28-31(4)34(40)41/h19-20,29-31H,5-18,21-28H2,1-4H3,(H2-,36,37,38,39,40,41)/p+1/b20-19+. The molecule has 3 unspecified atom stereocenters. The normalized spacial score (nSPS) is 15.4. The number of allylic oxidation sites excluding steroid dienone is 2. The summed E-state index contributed by atoms with van der Waals surface area (Å²) in [6.45, 7) is 8.44. The van der Waals surface area contributed by atoms with Crippen molar-refractivity contribution in [2.45, 2.75) is 143 Å². The fourth-order valence-electron chi connectivity index (χ4n) is 5.88. The Hall–Kier alpha value is -1.89. The second-order valence-corrected chi connectivity index (χ2v) is 12.7. The minimum Gasteiger partial charge on any atom is -0.481 e. The van der Waals surface area contributed by atoms with Crippen LogP contribution in [0.3, 0.4) is 0 Å². The number of hydrogen-bond donors (Lipinski definition) is 3. The van der Waals surface area contributed by atoms with Gasteiger partial charge in [0.05, 0.1) is 26.2 Å². The maximum absolute atomic E-state index is 11.6. The van der Waals surface area contributed by atoms with Gasteiger partial charge in [-0.25, -0.2) is 0 Å². The van der Waals surface area contributed by atoms with Crippen LogP contribution in [0.2, 0.25) is 0 Å². The minimum atomic E-state index is -0.938. The van der Waals surface area contributed by atoms with Crippen LogP contribution in [0.25, 0.3) is 0 Å². The summed E-state index contributed by atoms with van der Waals surface area (Å²) in [7, 11) is 0. The van der Waals surface area contributed by atoms with Gasteiger partial charge in [0.15, 0.2) is 0 Å². The van der Waals surface area contributed by atoms with Gasteiger partial charge in [-0.1, -0.05) is 96.1 Å². The highest BCUT2D eigenvalue weighted by Gasteiger charge is 2.38. The lowest BCUT2D eigenvalue weighted by atomic mass is 10.0. The monoisotopic (exact) mass is 582 g/mol. The van der Waals surface area contributed by atoms with Crippen molar-refractivity contribution in [3.05, 3.63) is 12.2 Å². The van der Waals surface area contributed by atoms with E-state index in [4.69, 9.17) is 0 Å². The smallest absolute Gasteiger partial charge is 0.311 e. The zero-order valence-corrected chi connectivity index (χ0v) is 27.0. The van der Waals surface area contributed by atoms with Crippen molar-refractivity contribution in [3.8, 4) is 0 Å². The third kappa shape index (κ3) is 21.5. The highest BCUT2D eigenvalue weighted by Crippen LogP contribution is 2.22. The average Bonchev–Trinajstić information content (AvgIpc) is 2.91. The molecule has 41 heavy (non-hydrogen) atoms. The van der Waals surface area contributed by atoms with Crippen LogP contribution in [0, 0.1) is 17.8 Å². The van der Waals surface area contributed by atoms with Gasteiger partial charge in [0.2, 0.25) is 0 Å². The fourth-order valence-corrected chi connectivity index (χ4v) is 5.88. The van der Waals surface area contributed by atoms with Gasteiger partial charge in [0, 0.05) is 0 Å². The van der Waals surface area contributed by atoms with E-state index < -0.39 is 35.7 Å². The molecule has 0 spiro atoms. The molecule has 0 aromatic carbocycles. The van der Waals surface area contributed by atoms with Crippen LogP contribution in [0.4, 0.5) is 0 Å². The van der Waals surface area contributed by atoms with Crippen LogP contribution in [-0.4, -0.2) is 63.9 Å². The van der Waals surface area contributed by atoms with Crippen LogP contribution < -0.4 is 0 Å². The van der Waals surface area contributed by atoms with Crippen LogP contribution in [0.15, 0.2) is 12.2 Å². The van der Waals surface area contributed by atoms with Crippen molar-refractivity contribution in [1.29, 1.82) is 0 Å². The van der Waals surface area contributed by atoms with E-state index in [2.05, 4.69) is 19.1 Å². The summed E-state index contributed by atoms with van der Waals surface area (Å²) < 4.78 is 0.212. The molecular weight excluding hydrogens is 518 g/mol. The highest BCUT2D eigenvalue weighted by atomic mass is 16.4. The molecule has 0 aromatic rings. The molecule has 0 aliphatic rings. The van der Waals surface area contributed by atoms with Gasteiger partial charge < -0.3 is 19.8 Å². The first-order chi connectivity index (χ1) is 19.5. The summed E-state index contributed by atoms with van der Waals surface area (Å²) in [6.07, 6.45) is 27.3. The maximum Gasteiger partial charge on any atom is 0.311 e. The first kappa shape index (κ1) is 39.1. The second kappa shape index (κ2) is 24.7. The Morgan fingerprint density at radius 1 is 0.512 bits per heavy atom. The van der Waals surface area contributed by atoms with Crippen molar-refractivity contribution < 1.29 is 34.2 Å². The van der Waals surface area contributed by atoms with Crippen molar-refractivity contribution in [2.24, 2.45) is 17.8 Å². The van der Waals surface area contributed by atoms with E-state index in [-0.39, 0.29) is 24.1 Å². The van der Waals surface area contributed by atoms with E-state index in [1.807, 2.05) is 0 Å². The Labute approximate surface area is 251 Å². The summed E-state index contributed by atoms with van der Waals surface area (Å²) in [5.41, 5.74) is 0. The SMILES string of the molecule is CCCCCCCCCCCCCCC/C=C/CCCCC[N+](CC(C)C(=O)O)(CC(C)C(=O)O)CC(C)C(=O)O. The second-order valence-electron chi connectivity index (χ2n) is 12.7. The highest BCUT2D eigenvalue weighted by molar-refractivity contribution is 5.70. The van der Waals surface area contributed by atoms with Crippen molar-refractivity contribution >= 4 is 17.9 Å².